The molecule has 2 heteroatoms. The molecule has 1 nitrogen and oxygen atoms in total. The summed E-state index contributed by atoms with van der Waals surface area (Å²) in [6.45, 7) is 3.47. The van der Waals surface area contributed by atoms with Crippen LogP contribution in [0.5, 0.6) is 0 Å². The molecular weight excluding hydrogens is 202 g/mol. The fraction of sp³-hybridized carbons (Fsp3) is 0.538. The Morgan fingerprint density at radius 2 is 2.27 bits per heavy atom. The van der Waals surface area contributed by atoms with Crippen molar-refractivity contribution in [2.45, 2.75) is 29.9 Å². The van der Waals surface area contributed by atoms with E-state index in [-0.39, 0.29) is 0 Å². The Morgan fingerprint density at radius 3 is 3.00 bits per heavy atom. The molecule has 0 fully saturated rings. The Morgan fingerprint density at radius 1 is 1.47 bits per heavy atom. The summed E-state index contributed by atoms with van der Waals surface area (Å²) < 4.78 is 0. The van der Waals surface area contributed by atoms with Gasteiger partial charge in [-0.2, -0.15) is 0 Å². The van der Waals surface area contributed by atoms with Gasteiger partial charge in [0.15, 0.2) is 0 Å². The maximum absolute atomic E-state index is 3.25. The van der Waals surface area contributed by atoms with Gasteiger partial charge in [0.25, 0.3) is 0 Å². The smallest absolute Gasteiger partial charge is 0.0138 e. The molecular formula is C13H19NS. The van der Waals surface area contributed by atoms with Crippen LogP contribution in [0.3, 0.4) is 0 Å². The van der Waals surface area contributed by atoms with Crippen molar-refractivity contribution in [3.63, 3.8) is 0 Å². The first-order chi connectivity index (χ1) is 7.29. The van der Waals surface area contributed by atoms with E-state index in [0.717, 1.165) is 17.7 Å². The van der Waals surface area contributed by atoms with Gasteiger partial charge in [0.1, 0.15) is 0 Å². The summed E-state index contributed by atoms with van der Waals surface area (Å²) in [6, 6.07) is 8.82. The summed E-state index contributed by atoms with van der Waals surface area (Å²) in [7, 11) is 2.03. The first-order valence-corrected chi connectivity index (χ1v) is 6.56. The molecule has 0 aromatic heterocycles. The highest BCUT2D eigenvalue weighted by Crippen LogP contribution is 2.39. The summed E-state index contributed by atoms with van der Waals surface area (Å²) in [5.41, 5.74) is 1.55. The summed E-state index contributed by atoms with van der Waals surface area (Å²) in [5, 5.41) is 4.05. The number of nitrogens with one attached hydrogen (secondary N) is 1. The minimum Gasteiger partial charge on any atom is -0.319 e. The standard InChI is InChI=1S/C13H19NS/c1-10(9-14-2)7-12-8-11-5-3-4-6-13(11)15-12/h3-6,10,12,14H,7-9H2,1-2H3. The maximum atomic E-state index is 3.25. The number of benzene rings is 1. The second kappa shape index (κ2) is 5.04. The van der Waals surface area contributed by atoms with E-state index in [2.05, 4.69) is 48.3 Å². The van der Waals surface area contributed by atoms with E-state index in [0.29, 0.717) is 0 Å². The summed E-state index contributed by atoms with van der Waals surface area (Å²) in [5.74, 6) is 0.779. The first kappa shape index (κ1) is 11.0. The van der Waals surface area contributed by atoms with Crippen LogP contribution in [0, 0.1) is 5.92 Å². The highest BCUT2D eigenvalue weighted by Gasteiger charge is 2.22. The molecule has 0 saturated heterocycles. The van der Waals surface area contributed by atoms with Crippen LogP contribution in [0.15, 0.2) is 29.2 Å². The molecule has 1 N–H and O–H groups in total. The topological polar surface area (TPSA) is 12.0 Å². The minimum absolute atomic E-state index is 0.779. The molecule has 0 saturated carbocycles. The van der Waals surface area contributed by atoms with Crippen molar-refractivity contribution < 1.29 is 0 Å². The lowest BCUT2D eigenvalue weighted by molar-refractivity contribution is 0.496. The predicted molar refractivity (Wildman–Crippen MR) is 67.5 cm³/mol. The second-order valence-corrected chi connectivity index (χ2v) is 5.79. The van der Waals surface area contributed by atoms with Crippen LogP contribution in [-0.2, 0) is 6.42 Å². The average molecular weight is 221 g/mol. The molecule has 82 valence electrons. The van der Waals surface area contributed by atoms with Gasteiger partial charge in [0, 0.05) is 10.1 Å². The number of rotatable bonds is 4. The molecule has 1 aliphatic rings. The molecule has 1 aromatic rings. The predicted octanol–water partition coefficient (Wildman–Crippen LogP) is 2.95. The fourth-order valence-electron chi connectivity index (χ4n) is 2.27. The Bertz CT molecular complexity index is 299. The van der Waals surface area contributed by atoms with Gasteiger partial charge in [-0.15, -0.1) is 11.8 Å². The Labute approximate surface area is 96.7 Å². The third-order valence-corrected chi connectivity index (χ3v) is 4.28. The van der Waals surface area contributed by atoms with E-state index in [1.807, 2.05) is 7.05 Å². The van der Waals surface area contributed by atoms with Crippen LogP contribution in [-0.4, -0.2) is 18.8 Å². The highest BCUT2D eigenvalue weighted by molar-refractivity contribution is 8.00. The molecule has 0 amide bonds. The highest BCUT2D eigenvalue weighted by atomic mass is 32.2. The minimum atomic E-state index is 0.779. The fourth-order valence-corrected chi connectivity index (χ4v) is 3.77. The lowest BCUT2D eigenvalue weighted by atomic mass is 10.0. The molecule has 2 atom stereocenters. The Kier molecular flexibility index (Phi) is 3.71. The van der Waals surface area contributed by atoms with Crippen molar-refractivity contribution in [1.82, 2.24) is 5.32 Å². The Balaban J connectivity index is 1.90. The van der Waals surface area contributed by atoms with Crippen LogP contribution >= 0.6 is 11.8 Å². The van der Waals surface area contributed by atoms with E-state index in [4.69, 9.17) is 0 Å². The summed E-state index contributed by atoms with van der Waals surface area (Å²) >= 11 is 2.06. The molecule has 15 heavy (non-hydrogen) atoms. The SMILES string of the molecule is CNCC(C)CC1Cc2ccccc2S1. The lowest BCUT2D eigenvalue weighted by Crippen LogP contribution is -2.19. The van der Waals surface area contributed by atoms with Gasteiger partial charge < -0.3 is 5.32 Å². The molecule has 1 aliphatic heterocycles. The van der Waals surface area contributed by atoms with Crippen LogP contribution in [0.25, 0.3) is 0 Å². The van der Waals surface area contributed by atoms with E-state index in [1.54, 1.807) is 5.56 Å². The molecule has 0 spiro atoms. The van der Waals surface area contributed by atoms with Crippen molar-refractivity contribution in [3.05, 3.63) is 29.8 Å². The van der Waals surface area contributed by atoms with Crippen LogP contribution < -0.4 is 5.32 Å². The van der Waals surface area contributed by atoms with Gasteiger partial charge in [0.05, 0.1) is 0 Å². The normalized spacial score (nSPS) is 21.3. The van der Waals surface area contributed by atoms with E-state index >= 15 is 0 Å². The molecule has 0 aliphatic carbocycles. The summed E-state index contributed by atoms with van der Waals surface area (Å²) in [6.07, 6.45) is 2.58. The molecule has 2 unspecified atom stereocenters. The van der Waals surface area contributed by atoms with Crippen molar-refractivity contribution in [3.8, 4) is 0 Å². The van der Waals surface area contributed by atoms with Gasteiger partial charge in [-0.05, 0) is 44.0 Å². The number of thioether (sulfide) groups is 1. The molecule has 0 bridgehead atoms. The Hall–Kier alpha value is -0.470. The molecule has 1 heterocycles. The quantitative estimate of drug-likeness (QED) is 0.839. The van der Waals surface area contributed by atoms with Crippen LogP contribution in [0.1, 0.15) is 18.9 Å². The molecule has 2 rings (SSSR count). The third kappa shape index (κ3) is 2.76. The van der Waals surface area contributed by atoms with Crippen molar-refractivity contribution >= 4 is 11.8 Å². The van der Waals surface area contributed by atoms with E-state index in [9.17, 15) is 0 Å². The maximum Gasteiger partial charge on any atom is 0.0138 e. The monoisotopic (exact) mass is 221 g/mol. The van der Waals surface area contributed by atoms with Crippen LogP contribution in [0.4, 0.5) is 0 Å². The van der Waals surface area contributed by atoms with Crippen molar-refractivity contribution in [1.29, 1.82) is 0 Å². The van der Waals surface area contributed by atoms with Gasteiger partial charge in [-0.25, -0.2) is 0 Å². The van der Waals surface area contributed by atoms with E-state index in [1.165, 1.54) is 17.7 Å². The van der Waals surface area contributed by atoms with E-state index < -0.39 is 0 Å². The van der Waals surface area contributed by atoms with Gasteiger partial charge in [0.2, 0.25) is 0 Å². The molecule has 1 aromatic carbocycles. The van der Waals surface area contributed by atoms with Crippen LogP contribution in [0.2, 0.25) is 0 Å². The summed E-state index contributed by atoms with van der Waals surface area (Å²) in [4.78, 5) is 1.50. The van der Waals surface area contributed by atoms with Gasteiger partial charge in [-0.1, -0.05) is 25.1 Å². The molecule has 0 radical (unpaired) electrons. The lowest BCUT2D eigenvalue weighted by Gasteiger charge is -2.14. The van der Waals surface area contributed by atoms with Crippen molar-refractivity contribution in [2.24, 2.45) is 5.92 Å². The first-order valence-electron chi connectivity index (χ1n) is 5.68. The second-order valence-electron chi connectivity index (χ2n) is 4.45. The largest absolute Gasteiger partial charge is 0.319 e. The number of hydrogen-bond donors (Lipinski definition) is 1. The number of hydrogen-bond acceptors (Lipinski definition) is 2. The number of fused-ring (bicyclic) bond motifs is 1. The van der Waals surface area contributed by atoms with Crippen molar-refractivity contribution in [2.75, 3.05) is 13.6 Å². The zero-order valence-corrected chi connectivity index (χ0v) is 10.3. The average Bonchev–Trinajstić information content (AvgIpc) is 2.59. The third-order valence-electron chi connectivity index (χ3n) is 2.93. The zero-order chi connectivity index (χ0) is 10.7. The van der Waals surface area contributed by atoms with Gasteiger partial charge in [-0.3, -0.25) is 0 Å². The van der Waals surface area contributed by atoms with Gasteiger partial charge >= 0.3 is 0 Å². The zero-order valence-electron chi connectivity index (χ0n) is 9.49.